The third-order valence-electron chi connectivity index (χ3n) is 2.42. The molecule has 0 aromatic heterocycles. The predicted molar refractivity (Wildman–Crippen MR) is 43.2 cm³/mol. The summed E-state index contributed by atoms with van der Waals surface area (Å²) in [6.45, 7) is 7.36. The summed E-state index contributed by atoms with van der Waals surface area (Å²) in [5.74, 6) is -0.907. The molecule has 1 aliphatic rings. The van der Waals surface area contributed by atoms with Crippen molar-refractivity contribution in [3.63, 3.8) is 0 Å². The van der Waals surface area contributed by atoms with Crippen LogP contribution in [-0.4, -0.2) is 11.9 Å². The molecule has 3 nitrogen and oxygen atoms in total. The summed E-state index contributed by atoms with van der Waals surface area (Å²) in [4.78, 5) is 22.4. The zero-order valence-corrected chi connectivity index (χ0v) is 7.88. The molecule has 3 heteroatoms. The van der Waals surface area contributed by atoms with Crippen molar-refractivity contribution in [2.75, 3.05) is 0 Å². The van der Waals surface area contributed by atoms with E-state index < -0.39 is 11.4 Å². The second-order valence-electron chi connectivity index (χ2n) is 4.15. The van der Waals surface area contributed by atoms with Crippen molar-refractivity contribution in [2.24, 2.45) is 17.3 Å². The Labute approximate surface area is 72.1 Å². The van der Waals surface area contributed by atoms with E-state index in [1.807, 2.05) is 13.8 Å². The van der Waals surface area contributed by atoms with Crippen molar-refractivity contribution in [3.05, 3.63) is 0 Å². The van der Waals surface area contributed by atoms with Gasteiger partial charge in [0.25, 0.3) is 0 Å². The number of ether oxygens (including phenoxy) is 1. The smallest absolute Gasteiger partial charge is 0.320 e. The van der Waals surface area contributed by atoms with E-state index in [1.165, 1.54) is 0 Å². The summed E-state index contributed by atoms with van der Waals surface area (Å²) in [6, 6.07) is 0. The Kier molecular flexibility index (Phi) is 1.98. The molecule has 1 rings (SSSR count). The molecule has 12 heavy (non-hydrogen) atoms. The van der Waals surface area contributed by atoms with Gasteiger partial charge in [-0.15, -0.1) is 0 Å². The number of hydrogen-bond donors (Lipinski definition) is 0. The lowest BCUT2D eigenvalue weighted by atomic mass is 9.75. The number of carbonyl (C=O) groups excluding carboxylic acids is 2. The normalized spacial score (nSPS) is 27.9. The van der Waals surface area contributed by atoms with E-state index >= 15 is 0 Å². The van der Waals surface area contributed by atoms with Gasteiger partial charge in [0, 0.05) is 0 Å². The molecule has 0 aromatic rings. The van der Waals surface area contributed by atoms with E-state index in [2.05, 4.69) is 4.74 Å². The van der Waals surface area contributed by atoms with Gasteiger partial charge in [-0.25, -0.2) is 0 Å². The van der Waals surface area contributed by atoms with Gasteiger partial charge >= 0.3 is 11.9 Å². The molecular weight excluding hydrogens is 156 g/mol. The molecule has 1 unspecified atom stereocenters. The van der Waals surface area contributed by atoms with Crippen molar-refractivity contribution in [2.45, 2.75) is 27.7 Å². The van der Waals surface area contributed by atoms with E-state index in [0.29, 0.717) is 0 Å². The monoisotopic (exact) mass is 170 g/mol. The van der Waals surface area contributed by atoms with Gasteiger partial charge in [-0.2, -0.15) is 0 Å². The minimum atomic E-state index is -0.648. The van der Waals surface area contributed by atoms with Crippen LogP contribution in [0.5, 0.6) is 0 Å². The van der Waals surface area contributed by atoms with Crippen LogP contribution in [0.15, 0.2) is 0 Å². The van der Waals surface area contributed by atoms with Gasteiger partial charge in [0.1, 0.15) is 0 Å². The summed E-state index contributed by atoms with van der Waals surface area (Å²) in [7, 11) is 0. The van der Waals surface area contributed by atoms with Gasteiger partial charge in [-0.1, -0.05) is 13.8 Å². The molecule has 1 aliphatic heterocycles. The average Bonchev–Trinajstić information content (AvgIpc) is 2.02. The predicted octanol–water partition coefficient (Wildman–Crippen LogP) is 1.37. The molecule has 0 aromatic carbocycles. The summed E-state index contributed by atoms with van der Waals surface area (Å²) in [5, 5.41) is 0. The number of hydrogen-bond acceptors (Lipinski definition) is 3. The maximum Gasteiger partial charge on any atom is 0.320 e. The highest BCUT2D eigenvalue weighted by Gasteiger charge is 2.52. The minimum Gasteiger partial charge on any atom is -0.392 e. The first-order valence-electron chi connectivity index (χ1n) is 4.13. The SMILES string of the molecule is CC(C)C1C(=O)OC(=O)C1(C)C. The van der Waals surface area contributed by atoms with Crippen molar-refractivity contribution in [1.29, 1.82) is 0 Å². The number of rotatable bonds is 1. The highest BCUT2D eigenvalue weighted by atomic mass is 16.6. The summed E-state index contributed by atoms with van der Waals surface area (Å²) < 4.78 is 4.57. The van der Waals surface area contributed by atoms with E-state index in [-0.39, 0.29) is 17.8 Å². The second kappa shape index (κ2) is 2.57. The molecule has 68 valence electrons. The highest BCUT2D eigenvalue weighted by molar-refractivity contribution is 5.98. The van der Waals surface area contributed by atoms with Crippen LogP contribution in [0.2, 0.25) is 0 Å². The van der Waals surface area contributed by atoms with Gasteiger partial charge in [-0.3, -0.25) is 9.59 Å². The molecule has 1 saturated heterocycles. The maximum atomic E-state index is 11.2. The van der Waals surface area contributed by atoms with Crippen LogP contribution in [0.4, 0.5) is 0 Å². The number of esters is 2. The third-order valence-corrected chi connectivity index (χ3v) is 2.42. The van der Waals surface area contributed by atoms with Gasteiger partial charge in [0.2, 0.25) is 0 Å². The fourth-order valence-electron chi connectivity index (χ4n) is 1.81. The lowest BCUT2D eigenvalue weighted by Crippen LogP contribution is -2.30. The topological polar surface area (TPSA) is 43.4 Å². The number of cyclic esters (lactones) is 2. The van der Waals surface area contributed by atoms with Gasteiger partial charge in [0.15, 0.2) is 0 Å². The zero-order valence-electron chi connectivity index (χ0n) is 7.88. The van der Waals surface area contributed by atoms with E-state index in [9.17, 15) is 9.59 Å². The zero-order chi connectivity index (χ0) is 9.52. The lowest BCUT2D eigenvalue weighted by Gasteiger charge is -2.22. The molecule has 0 spiro atoms. The van der Waals surface area contributed by atoms with Gasteiger partial charge < -0.3 is 4.74 Å². The Morgan fingerprint density at radius 2 is 1.83 bits per heavy atom. The maximum absolute atomic E-state index is 11.2. The van der Waals surface area contributed by atoms with Crippen LogP contribution in [0.25, 0.3) is 0 Å². The molecule has 0 amide bonds. The van der Waals surface area contributed by atoms with Crippen LogP contribution in [0.1, 0.15) is 27.7 Å². The fraction of sp³-hybridized carbons (Fsp3) is 0.778. The summed E-state index contributed by atoms with van der Waals surface area (Å²) in [6.07, 6.45) is 0. The highest BCUT2D eigenvalue weighted by Crippen LogP contribution is 2.39. The van der Waals surface area contributed by atoms with E-state index in [1.54, 1.807) is 13.8 Å². The standard InChI is InChI=1S/C9H14O3/c1-5(2)6-7(10)12-8(11)9(6,3)4/h5-6H,1-4H3. The Balaban J connectivity index is 2.99. The first kappa shape index (κ1) is 9.23. The summed E-state index contributed by atoms with van der Waals surface area (Å²) in [5.41, 5.74) is -0.648. The molecule has 0 aliphatic carbocycles. The first-order chi connectivity index (χ1) is 5.37. The van der Waals surface area contributed by atoms with E-state index in [0.717, 1.165) is 0 Å². The quantitative estimate of drug-likeness (QED) is 0.441. The molecule has 0 saturated carbocycles. The third kappa shape index (κ3) is 1.13. The summed E-state index contributed by atoms with van der Waals surface area (Å²) >= 11 is 0. The lowest BCUT2D eigenvalue weighted by molar-refractivity contribution is -0.155. The molecule has 0 bridgehead atoms. The van der Waals surface area contributed by atoms with Crippen molar-refractivity contribution >= 4 is 11.9 Å². The van der Waals surface area contributed by atoms with Gasteiger partial charge in [-0.05, 0) is 19.8 Å². The molecule has 1 atom stereocenters. The Morgan fingerprint density at radius 1 is 1.33 bits per heavy atom. The van der Waals surface area contributed by atoms with Gasteiger partial charge in [0.05, 0.1) is 11.3 Å². The van der Waals surface area contributed by atoms with E-state index in [4.69, 9.17) is 0 Å². The molecule has 0 radical (unpaired) electrons. The van der Waals surface area contributed by atoms with Crippen molar-refractivity contribution in [1.82, 2.24) is 0 Å². The minimum absolute atomic E-state index is 0.152. The first-order valence-corrected chi connectivity index (χ1v) is 4.13. The molecule has 0 N–H and O–H groups in total. The van der Waals surface area contributed by atoms with Crippen molar-refractivity contribution < 1.29 is 14.3 Å². The Hall–Kier alpha value is -0.860. The van der Waals surface area contributed by atoms with Crippen LogP contribution < -0.4 is 0 Å². The molecular formula is C9H14O3. The molecule has 1 heterocycles. The number of carbonyl (C=O) groups is 2. The van der Waals surface area contributed by atoms with Crippen LogP contribution in [0, 0.1) is 17.3 Å². The second-order valence-corrected chi connectivity index (χ2v) is 4.15. The fourth-order valence-corrected chi connectivity index (χ4v) is 1.81. The van der Waals surface area contributed by atoms with Crippen molar-refractivity contribution in [3.8, 4) is 0 Å². The van der Waals surface area contributed by atoms with Crippen LogP contribution in [-0.2, 0) is 14.3 Å². The van der Waals surface area contributed by atoms with Crippen LogP contribution in [0.3, 0.4) is 0 Å². The Morgan fingerprint density at radius 3 is 2.00 bits per heavy atom. The molecule has 1 fully saturated rings. The average molecular weight is 170 g/mol. The largest absolute Gasteiger partial charge is 0.392 e. The Bertz CT molecular complexity index is 228. The van der Waals surface area contributed by atoms with Crippen LogP contribution >= 0.6 is 0 Å².